The molecule has 1 aromatic heterocycles. The molecule has 2 aromatic carbocycles. The zero-order valence-corrected chi connectivity index (χ0v) is 17.1. The van der Waals surface area contributed by atoms with Crippen LogP contribution in [0.1, 0.15) is 31.2 Å². The molecular weight excluding hydrogens is 402 g/mol. The zero-order chi connectivity index (χ0) is 21.1. The number of hydrogen-bond acceptors (Lipinski definition) is 6. The maximum atomic E-state index is 12.8. The standard InChI is InChI=1S/C23H19NO5S/c1-28-22(26)19(24-14-16-5-2-3-6-18(16)21(24)25)13-15-8-10-17(11-9-15)29-23(27)20-7-4-12-30-20/h2-12,19H,13-14H2,1H3. The minimum Gasteiger partial charge on any atom is -0.467 e. The van der Waals surface area contributed by atoms with Gasteiger partial charge in [-0.2, -0.15) is 0 Å². The van der Waals surface area contributed by atoms with Crippen molar-refractivity contribution in [3.63, 3.8) is 0 Å². The van der Waals surface area contributed by atoms with Gasteiger partial charge in [0, 0.05) is 18.5 Å². The minimum absolute atomic E-state index is 0.178. The Kier molecular flexibility index (Phi) is 5.63. The minimum atomic E-state index is -0.741. The fraction of sp³-hybridized carbons (Fsp3) is 0.174. The normalized spacial score (nSPS) is 13.6. The lowest BCUT2D eigenvalue weighted by atomic mass is 10.0. The van der Waals surface area contributed by atoms with Crippen molar-refractivity contribution in [1.29, 1.82) is 0 Å². The number of benzene rings is 2. The molecule has 3 aromatic rings. The van der Waals surface area contributed by atoms with E-state index >= 15 is 0 Å². The molecule has 1 aliphatic rings. The van der Waals surface area contributed by atoms with Crippen molar-refractivity contribution in [3.8, 4) is 5.75 Å². The molecule has 0 N–H and O–H groups in total. The molecule has 0 fully saturated rings. The molecule has 2 heterocycles. The molecule has 0 saturated heterocycles. The number of ether oxygens (including phenoxy) is 2. The topological polar surface area (TPSA) is 72.9 Å². The smallest absolute Gasteiger partial charge is 0.353 e. The van der Waals surface area contributed by atoms with Gasteiger partial charge in [-0.3, -0.25) is 4.79 Å². The molecule has 7 heteroatoms. The van der Waals surface area contributed by atoms with E-state index in [0.29, 0.717) is 29.2 Å². The Morgan fingerprint density at radius 3 is 2.50 bits per heavy atom. The first-order chi connectivity index (χ1) is 14.6. The lowest BCUT2D eigenvalue weighted by Crippen LogP contribution is -2.43. The number of thiophene rings is 1. The highest BCUT2D eigenvalue weighted by atomic mass is 32.1. The molecule has 0 bridgehead atoms. The largest absolute Gasteiger partial charge is 0.467 e. The number of carbonyl (C=O) groups is 3. The summed E-state index contributed by atoms with van der Waals surface area (Å²) in [6, 6.07) is 17.0. The maximum Gasteiger partial charge on any atom is 0.353 e. The number of rotatable bonds is 6. The van der Waals surface area contributed by atoms with Crippen molar-refractivity contribution in [3.05, 3.63) is 87.6 Å². The summed E-state index contributed by atoms with van der Waals surface area (Å²) in [7, 11) is 1.32. The van der Waals surface area contributed by atoms with Gasteiger partial charge in [-0.15, -0.1) is 11.3 Å². The highest BCUT2D eigenvalue weighted by molar-refractivity contribution is 7.12. The molecule has 6 nitrogen and oxygen atoms in total. The summed E-state index contributed by atoms with van der Waals surface area (Å²) in [5.41, 5.74) is 2.33. The summed E-state index contributed by atoms with van der Waals surface area (Å²) in [5.74, 6) is -0.645. The molecule has 1 unspecified atom stereocenters. The Bertz CT molecular complexity index is 1080. The van der Waals surface area contributed by atoms with Crippen molar-refractivity contribution < 1.29 is 23.9 Å². The van der Waals surface area contributed by atoms with E-state index in [4.69, 9.17) is 9.47 Å². The molecule has 0 aliphatic carbocycles. The third kappa shape index (κ3) is 3.97. The van der Waals surface area contributed by atoms with Crippen LogP contribution in [0.25, 0.3) is 0 Å². The van der Waals surface area contributed by atoms with Crippen LogP contribution in [-0.2, 0) is 22.5 Å². The highest BCUT2D eigenvalue weighted by Crippen LogP contribution is 2.27. The SMILES string of the molecule is COC(=O)C(Cc1ccc(OC(=O)c2cccs2)cc1)N1Cc2ccccc2C1=O. The summed E-state index contributed by atoms with van der Waals surface area (Å²) >= 11 is 1.31. The van der Waals surface area contributed by atoms with Crippen LogP contribution in [0.5, 0.6) is 5.75 Å². The highest BCUT2D eigenvalue weighted by Gasteiger charge is 2.36. The van der Waals surface area contributed by atoms with Crippen LogP contribution in [0.15, 0.2) is 66.0 Å². The number of amides is 1. The fourth-order valence-corrected chi connectivity index (χ4v) is 4.05. The summed E-state index contributed by atoms with van der Waals surface area (Å²) in [6.45, 7) is 0.366. The van der Waals surface area contributed by atoms with Crippen molar-refractivity contribution in [1.82, 2.24) is 4.90 Å². The second-order valence-electron chi connectivity index (χ2n) is 6.84. The van der Waals surface area contributed by atoms with Gasteiger partial charge in [0.25, 0.3) is 5.91 Å². The summed E-state index contributed by atoms with van der Waals surface area (Å²) < 4.78 is 10.3. The van der Waals surface area contributed by atoms with E-state index in [2.05, 4.69) is 0 Å². The Morgan fingerprint density at radius 2 is 1.83 bits per heavy atom. The van der Waals surface area contributed by atoms with Crippen LogP contribution in [-0.4, -0.2) is 35.9 Å². The Balaban J connectivity index is 1.48. The van der Waals surface area contributed by atoms with Gasteiger partial charge in [-0.25, -0.2) is 9.59 Å². The average Bonchev–Trinajstić information content (AvgIpc) is 3.42. The summed E-state index contributed by atoms with van der Waals surface area (Å²) in [4.78, 5) is 39.4. The molecule has 30 heavy (non-hydrogen) atoms. The molecular formula is C23H19NO5S. The predicted molar refractivity (Wildman–Crippen MR) is 112 cm³/mol. The van der Waals surface area contributed by atoms with E-state index in [9.17, 15) is 14.4 Å². The number of carbonyl (C=O) groups excluding carboxylic acids is 3. The molecule has 1 amide bonds. The van der Waals surface area contributed by atoms with Crippen molar-refractivity contribution in [2.45, 2.75) is 19.0 Å². The second-order valence-corrected chi connectivity index (χ2v) is 7.79. The molecule has 0 saturated carbocycles. The summed E-state index contributed by atoms with van der Waals surface area (Å²) in [5, 5.41) is 1.81. The van der Waals surface area contributed by atoms with Crippen LogP contribution >= 0.6 is 11.3 Å². The van der Waals surface area contributed by atoms with Gasteiger partial charge < -0.3 is 14.4 Å². The molecule has 1 atom stereocenters. The molecule has 0 spiro atoms. The van der Waals surface area contributed by atoms with Gasteiger partial charge in [-0.1, -0.05) is 36.4 Å². The van der Waals surface area contributed by atoms with Crippen LogP contribution < -0.4 is 4.74 Å². The van der Waals surface area contributed by atoms with Crippen LogP contribution in [0.4, 0.5) is 0 Å². The predicted octanol–water partition coefficient (Wildman–Crippen LogP) is 3.71. The summed E-state index contributed by atoms with van der Waals surface area (Å²) in [6.07, 6.45) is 0.297. The number of methoxy groups -OCH3 is 1. The molecule has 4 rings (SSSR count). The molecule has 152 valence electrons. The van der Waals surface area contributed by atoms with E-state index in [1.807, 2.05) is 23.6 Å². The van der Waals surface area contributed by atoms with Gasteiger partial charge in [0.15, 0.2) is 0 Å². The van der Waals surface area contributed by atoms with Crippen molar-refractivity contribution in [2.75, 3.05) is 7.11 Å². The lowest BCUT2D eigenvalue weighted by molar-refractivity contribution is -0.146. The monoisotopic (exact) mass is 421 g/mol. The zero-order valence-electron chi connectivity index (χ0n) is 16.2. The van der Waals surface area contributed by atoms with Crippen molar-refractivity contribution in [2.24, 2.45) is 0 Å². The second kappa shape index (κ2) is 8.51. The Hall–Kier alpha value is -3.45. The maximum absolute atomic E-state index is 12.8. The Labute approximate surface area is 177 Å². The van der Waals surface area contributed by atoms with Crippen molar-refractivity contribution >= 4 is 29.2 Å². The average molecular weight is 421 g/mol. The van der Waals surface area contributed by atoms with Crippen LogP contribution in [0.2, 0.25) is 0 Å². The third-order valence-electron chi connectivity index (χ3n) is 4.98. The van der Waals surface area contributed by atoms with E-state index in [1.165, 1.54) is 18.4 Å². The number of esters is 2. The first-order valence-corrected chi connectivity index (χ1v) is 10.3. The number of hydrogen-bond donors (Lipinski definition) is 0. The van der Waals surface area contributed by atoms with E-state index in [-0.39, 0.29) is 5.91 Å². The molecule has 0 radical (unpaired) electrons. The van der Waals surface area contributed by atoms with Crippen LogP contribution in [0, 0.1) is 0 Å². The Morgan fingerprint density at radius 1 is 1.07 bits per heavy atom. The number of fused-ring (bicyclic) bond motifs is 1. The number of nitrogens with zero attached hydrogens (tertiary/aromatic N) is 1. The van der Waals surface area contributed by atoms with Crippen LogP contribution in [0.3, 0.4) is 0 Å². The lowest BCUT2D eigenvalue weighted by Gasteiger charge is -2.25. The van der Waals surface area contributed by atoms with E-state index in [0.717, 1.165) is 11.1 Å². The third-order valence-corrected chi connectivity index (χ3v) is 5.83. The van der Waals surface area contributed by atoms with Gasteiger partial charge >= 0.3 is 11.9 Å². The first-order valence-electron chi connectivity index (χ1n) is 9.38. The van der Waals surface area contributed by atoms with Gasteiger partial charge in [0.1, 0.15) is 16.7 Å². The van der Waals surface area contributed by atoms with E-state index < -0.39 is 18.0 Å². The van der Waals surface area contributed by atoms with Gasteiger partial charge in [-0.05, 0) is 40.8 Å². The molecule has 1 aliphatic heterocycles. The van der Waals surface area contributed by atoms with Gasteiger partial charge in [0.05, 0.1) is 7.11 Å². The first kappa shape index (κ1) is 19.8. The van der Waals surface area contributed by atoms with Gasteiger partial charge in [0.2, 0.25) is 0 Å². The quantitative estimate of drug-likeness (QED) is 0.448. The van der Waals surface area contributed by atoms with E-state index in [1.54, 1.807) is 47.4 Å². The fourth-order valence-electron chi connectivity index (χ4n) is 3.45.